The highest BCUT2D eigenvalue weighted by Crippen LogP contribution is 2.37. The number of aliphatic carboxylic acids is 1. The van der Waals surface area contributed by atoms with Gasteiger partial charge in [-0.25, -0.2) is 0 Å². The fraction of sp³-hybridized carbons (Fsp3) is 0.0952. The van der Waals surface area contributed by atoms with E-state index in [1.807, 2.05) is 30.3 Å². The quantitative estimate of drug-likeness (QED) is 0.770. The van der Waals surface area contributed by atoms with E-state index in [4.69, 9.17) is 5.11 Å². The number of hydrogen-bond donors (Lipinski definition) is 2. The summed E-state index contributed by atoms with van der Waals surface area (Å²) in [6.45, 7) is -0.623. The molecule has 2 aromatic carbocycles. The van der Waals surface area contributed by atoms with Gasteiger partial charge in [0.25, 0.3) is 5.91 Å². The summed E-state index contributed by atoms with van der Waals surface area (Å²) >= 11 is 0. The molecule has 1 aliphatic rings. The van der Waals surface area contributed by atoms with Crippen molar-refractivity contribution in [2.75, 3.05) is 6.54 Å². The molecule has 0 saturated carbocycles. The highest BCUT2D eigenvalue weighted by Gasteiger charge is 2.43. The van der Waals surface area contributed by atoms with Crippen molar-refractivity contribution < 1.29 is 24.6 Å². The van der Waals surface area contributed by atoms with Crippen molar-refractivity contribution in [2.45, 2.75) is 6.04 Å². The number of benzene rings is 2. The van der Waals surface area contributed by atoms with E-state index in [-0.39, 0.29) is 5.57 Å². The second-order valence-corrected chi connectivity index (χ2v) is 6.01. The molecule has 0 aromatic heterocycles. The Morgan fingerprint density at radius 1 is 1.00 bits per heavy atom. The molecule has 1 amide bonds. The van der Waals surface area contributed by atoms with Crippen LogP contribution in [0.1, 0.15) is 17.2 Å². The largest absolute Gasteiger partial charge is 0.503 e. The van der Waals surface area contributed by atoms with Gasteiger partial charge in [-0.15, -0.1) is 0 Å². The number of carbonyl (C=O) groups excluding carboxylic acids is 2. The summed E-state index contributed by atoms with van der Waals surface area (Å²) in [6, 6.07) is 16.7. The van der Waals surface area contributed by atoms with Crippen molar-refractivity contribution in [3.8, 4) is 0 Å². The molecule has 2 N–H and O–H groups in total. The van der Waals surface area contributed by atoms with Gasteiger partial charge in [0, 0.05) is 0 Å². The van der Waals surface area contributed by atoms with Gasteiger partial charge in [0.15, 0.2) is 11.5 Å². The monoisotopic (exact) mass is 363 g/mol. The molecule has 1 unspecified atom stereocenters. The van der Waals surface area contributed by atoms with Crippen LogP contribution in [0.3, 0.4) is 0 Å². The number of aliphatic hydroxyl groups excluding tert-OH is 1. The molecule has 2 aromatic rings. The Bertz CT molecular complexity index is 932. The van der Waals surface area contributed by atoms with Crippen LogP contribution in [-0.2, 0) is 14.4 Å². The Morgan fingerprint density at radius 3 is 2.19 bits per heavy atom. The summed E-state index contributed by atoms with van der Waals surface area (Å²) in [4.78, 5) is 37.3. The van der Waals surface area contributed by atoms with Gasteiger partial charge in [-0.1, -0.05) is 66.7 Å². The minimum Gasteiger partial charge on any atom is -0.503 e. The lowest BCUT2D eigenvalue weighted by atomic mass is 9.95. The number of ketones is 1. The van der Waals surface area contributed by atoms with Gasteiger partial charge in [-0.2, -0.15) is 0 Å². The molecular weight excluding hydrogens is 346 g/mol. The van der Waals surface area contributed by atoms with Crippen molar-refractivity contribution in [3.05, 3.63) is 89.2 Å². The molecule has 27 heavy (non-hydrogen) atoms. The second kappa shape index (κ2) is 7.70. The average Bonchev–Trinajstić information content (AvgIpc) is 2.92. The van der Waals surface area contributed by atoms with Crippen LogP contribution < -0.4 is 0 Å². The van der Waals surface area contributed by atoms with Crippen molar-refractivity contribution in [1.82, 2.24) is 4.90 Å². The van der Waals surface area contributed by atoms with Crippen molar-refractivity contribution in [1.29, 1.82) is 0 Å². The lowest BCUT2D eigenvalue weighted by Gasteiger charge is -2.24. The summed E-state index contributed by atoms with van der Waals surface area (Å²) < 4.78 is 0. The summed E-state index contributed by atoms with van der Waals surface area (Å²) in [5.74, 6) is -3.37. The van der Waals surface area contributed by atoms with Crippen molar-refractivity contribution in [2.24, 2.45) is 0 Å². The maximum Gasteiger partial charge on any atom is 0.323 e. The molecule has 0 saturated heterocycles. The van der Waals surface area contributed by atoms with Gasteiger partial charge >= 0.3 is 5.97 Å². The lowest BCUT2D eigenvalue weighted by Crippen LogP contribution is -2.35. The normalized spacial score (nSPS) is 17.0. The molecule has 1 heterocycles. The Balaban J connectivity index is 1.99. The number of nitrogens with zero attached hydrogens (tertiary/aromatic N) is 1. The zero-order valence-electron chi connectivity index (χ0n) is 14.3. The first kappa shape index (κ1) is 18.1. The van der Waals surface area contributed by atoms with Crippen LogP contribution in [0.2, 0.25) is 0 Å². The molecular formula is C21H17NO5. The molecule has 0 spiro atoms. The van der Waals surface area contributed by atoms with Crippen molar-refractivity contribution >= 4 is 23.7 Å². The third kappa shape index (κ3) is 3.79. The SMILES string of the molecule is O=C(O)CN1C(=O)C(O)=C(C(=O)C=Cc2ccccc2)C1c1ccccc1. The summed E-state index contributed by atoms with van der Waals surface area (Å²) in [5, 5.41) is 19.4. The van der Waals surface area contributed by atoms with Gasteiger partial charge in [0.05, 0.1) is 11.6 Å². The molecule has 136 valence electrons. The third-order valence-corrected chi connectivity index (χ3v) is 4.22. The number of carboxylic acids is 1. The molecule has 0 fully saturated rings. The first-order chi connectivity index (χ1) is 13.0. The Labute approximate surface area is 155 Å². The standard InChI is InChI=1S/C21H17NO5/c23-16(12-11-14-7-3-1-4-8-14)18-19(15-9-5-2-6-10-15)22(13-17(24)25)21(27)20(18)26/h1-12,19,26H,13H2,(H,24,25). The topological polar surface area (TPSA) is 94.9 Å². The van der Waals surface area contributed by atoms with Crippen LogP contribution in [0.4, 0.5) is 0 Å². The number of aliphatic hydroxyl groups is 1. The van der Waals surface area contributed by atoms with Gasteiger partial charge in [0.2, 0.25) is 0 Å². The molecule has 1 aliphatic heterocycles. The highest BCUT2D eigenvalue weighted by molar-refractivity contribution is 6.14. The maximum absolute atomic E-state index is 12.8. The van der Waals surface area contributed by atoms with E-state index < -0.39 is 36.0 Å². The third-order valence-electron chi connectivity index (χ3n) is 4.22. The Hall–Kier alpha value is -3.67. The van der Waals surface area contributed by atoms with E-state index in [1.54, 1.807) is 36.4 Å². The zero-order chi connectivity index (χ0) is 19.4. The predicted octanol–water partition coefficient (Wildman–Crippen LogP) is 2.75. The van der Waals surface area contributed by atoms with E-state index in [0.717, 1.165) is 10.5 Å². The van der Waals surface area contributed by atoms with Crippen LogP contribution in [0.25, 0.3) is 6.08 Å². The van der Waals surface area contributed by atoms with Gasteiger partial charge < -0.3 is 15.1 Å². The van der Waals surface area contributed by atoms with Crippen LogP contribution in [0.15, 0.2) is 78.1 Å². The van der Waals surface area contributed by atoms with Crippen molar-refractivity contribution in [3.63, 3.8) is 0 Å². The van der Waals surface area contributed by atoms with E-state index in [1.165, 1.54) is 6.08 Å². The molecule has 1 atom stereocenters. The average molecular weight is 363 g/mol. The van der Waals surface area contributed by atoms with E-state index in [0.29, 0.717) is 5.56 Å². The van der Waals surface area contributed by atoms with E-state index >= 15 is 0 Å². The lowest BCUT2D eigenvalue weighted by molar-refractivity contribution is -0.144. The number of hydrogen-bond acceptors (Lipinski definition) is 4. The van der Waals surface area contributed by atoms with Crippen LogP contribution in [-0.4, -0.2) is 39.3 Å². The minimum atomic E-state index is -1.23. The number of carbonyl (C=O) groups is 3. The molecule has 3 rings (SSSR count). The molecule has 0 radical (unpaired) electrons. The number of rotatable bonds is 6. The van der Waals surface area contributed by atoms with Crippen LogP contribution in [0.5, 0.6) is 0 Å². The van der Waals surface area contributed by atoms with E-state index in [9.17, 15) is 19.5 Å². The molecule has 6 nitrogen and oxygen atoms in total. The van der Waals surface area contributed by atoms with Crippen LogP contribution >= 0.6 is 0 Å². The highest BCUT2D eigenvalue weighted by atomic mass is 16.4. The number of carboxylic acid groups (broad SMARTS) is 1. The summed E-state index contributed by atoms with van der Waals surface area (Å²) in [6.07, 6.45) is 2.85. The molecule has 0 aliphatic carbocycles. The fourth-order valence-corrected chi connectivity index (χ4v) is 3.02. The fourth-order valence-electron chi connectivity index (χ4n) is 3.02. The first-order valence-electron chi connectivity index (χ1n) is 8.27. The van der Waals surface area contributed by atoms with Crippen LogP contribution in [0, 0.1) is 0 Å². The summed E-state index contributed by atoms with van der Waals surface area (Å²) in [7, 11) is 0. The molecule has 6 heteroatoms. The molecule has 0 bridgehead atoms. The van der Waals surface area contributed by atoms with Gasteiger partial charge in [-0.05, 0) is 17.2 Å². The Kier molecular flexibility index (Phi) is 5.17. The Morgan fingerprint density at radius 2 is 1.59 bits per heavy atom. The smallest absolute Gasteiger partial charge is 0.323 e. The number of amides is 1. The first-order valence-corrected chi connectivity index (χ1v) is 8.27. The van der Waals surface area contributed by atoms with E-state index in [2.05, 4.69) is 0 Å². The number of allylic oxidation sites excluding steroid dienone is 1. The maximum atomic E-state index is 12.8. The van der Waals surface area contributed by atoms with Gasteiger partial charge in [0.1, 0.15) is 6.54 Å². The second-order valence-electron chi connectivity index (χ2n) is 6.01. The summed E-state index contributed by atoms with van der Waals surface area (Å²) in [5.41, 5.74) is 1.21. The predicted molar refractivity (Wildman–Crippen MR) is 98.7 cm³/mol. The zero-order valence-corrected chi connectivity index (χ0v) is 14.3. The minimum absolute atomic E-state index is 0.125. The van der Waals surface area contributed by atoms with Gasteiger partial charge in [-0.3, -0.25) is 14.4 Å².